The molecule has 1 N–H and O–H groups in total. The monoisotopic (exact) mass is 746 g/mol. The second-order valence-corrected chi connectivity index (χ2v) is 13.7. The first-order chi connectivity index (χ1) is 26.8. The van der Waals surface area contributed by atoms with E-state index >= 15 is 0 Å². The summed E-state index contributed by atoms with van der Waals surface area (Å²) in [6.07, 6.45) is 18.1. The third-order valence-corrected chi connectivity index (χ3v) is 10.7. The van der Waals surface area contributed by atoms with E-state index in [9.17, 15) is 0 Å². The van der Waals surface area contributed by atoms with Gasteiger partial charge in [0.25, 0.3) is 0 Å². The van der Waals surface area contributed by atoms with Crippen molar-refractivity contribution in [1.82, 2.24) is 39.2 Å². The van der Waals surface area contributed by atoms with Gasteiger partial charge in [-0.1, -0.05) is 37.8 Å². The van der Waals surface area contributed by atoms with Crippen LogP contribution in [0.25, 0.3) is 16.9 Å². The van der Waals surface area contributed by atoms with Crippen LogP contribution < -0.4 is 9.47 Å². The molecule has 6 aromatic rings. The lowest BCUT2D eigenvalue weighted by molar-refractivity contribution is 0.0854. The number of hydrogen-bond acceptors (Lipinski definition) is 11. The van der Waals surface area contributed by atoms with E-state index in [0.717, 1.165) is 138 Å². The summed E-state index contributed by atoms with van der Waals surface area (Å²) >= 11 is 0. The van der Waals surface area contributed by atoms with Gasteiger partial charge in [0, 0.05) is 80.7 Å². The molecule has 1 saturated heterocycles. The molecule has 0 atom stereocenters. The van der Waals surface area contributed by atoms with Gasteiger partial charge in [0.05, 0.1) is 26.4 Å². The number of hydrogen-bond donors (Lipinski definition) is 1. The first kappa shape index (κ1) is 38.1. The quantitative estimate of drug-likeness (QED) is 0.207. The molecule has 2 aromatic carbocycles. The first-order valence-electron chi connectivity index (χ1n) is 18.9. The highest BCUT2D eigenvalue weighted by Crippen LogP contribution is 2.32. The van der Waals surface area contributed by atoms with Crippen molar-refractivity contribution in [3.05, 3.63) is 113 Å². The predicted octanol–water partition coefficient (Wildman–Crippen LogP) is 5.63. The molecular weight excluding hydrogens is 697 g/mol. The van der Waals surface area contributed by atoms with E-state index in [0.29, 0.717) is 12.5 Å². The summed E-state index contributed by atoms with van der Waals surface area (Å²) in [5.74, 6) is 4.54. The minimum absolute atomic E-state index is 0. The van der Waals surface area contributed by atoms with Crippen molar-refractivity contribution >= 4 is 16.9 Å². The Labute approximate surface area is 321 Å². The molecule has 0 bridgehead atoms. The highest BCUT2D eigenvalue weighted by atomic mass is 16.5. The maximum atomic E-state index is 7.00. The Morgan fingerprint density at radius 1 is 0.673 bits per heavy atom. The minimum atomic E-state index is 0. The highest BCUT2D eigenvalue weighted by Gasteiger charge is 2.22. The van der Waals surface area contributed by atoms with Crippen LogP contribution in [-0.2, 0) is 48.0 Å². The van der Waals surface area contributed by atoms with E-state index in [1.807, 2.05) is 16.8 Å². The Kier molecular flexibility index (Phi) is 12.4. The number of benzene rings is 2. The van der Waals surface area contributed by atoms with Gasteiger partial charge in [-0.15, -0.1) is 20.4 Å². The summed E-state index contributed by atoms with van der Waals surface area (Å²) in [4.78, 5) is 9.51. The van der Waals surface area contributed by atoms with E-state index in [2.05, 4.69) is 67.3 Å². The summed E-state index contributed by atoms with van der Waals surface area (Å²) < 4.78 is 26.3. The van der Waals surface area contributed by atoms with Crippen LogP contribution in [0.5, 0.6) is 11.5 Å². The molecule has 13 nitrogen and oxygen atoms in total. The fourth-order valence-electron chi connectivity index (χ4n) is 7.96. The lowest BCUT2D eigenvalue weighted by atomic mass is 9.93. The molecule has 8 heterocycles. The summed E-state index contributed by atoms with van der Waals surface area (Å²) in [7, 11) is 1.00. The molecule has 4 aromatic heterocycles. The molecule has 13 heteroatoms. The average Bonchev–Trinajstić information content (AvgIpc) is 4.08. The first-order valence-corrected chi connectivity index (χ1v) is 18.9. The second-order valence-electron chi connectivity index (χ2n) is 13.7. The molecule has 1 fully saturated rings. The molecule has 0 unspecified atom stereocenters. The predicted molar refractivity (Wildman–Crippen MR) is 209 cm³/mol. The van der Waals surface area contributed by atoms with Crippen LogP contribution in [0.3, 0.4) is 0 Å². The number of aromatic nitrogens is 8. The fourth-order valence-corrected chi connectivity index (χ4v) is 7.96. The van der Waals surface area contributed by atoms with Crippen molar-refractivity contribution in [2.75, 3.05) is 46.8 Å². The van der Waals surface area contributed by atoms with E-state index in [-0.39, 0.29) is 7.43 Å². The normalized spacial score (nSPS) is 16.1. The largest absolute Gasteiger partial charge is 0.493 e. The van der Waals surface area contributed by atoms with Gasteiger partial charge in [-0.3, -0.25) is 8.80 Å². The zero-order chi connectivity index (χ0) is 36.7. The zero-order valence-electron chi connectivity index (χ0n) is 30.7. The number of aliphatic hydroxyl groups excluding tert-OH is 1. The van der Waals surface area contributed by atoms with Crippen molar-refractivity contribution in [2.24, 2.45) is 0 Å². The molecule has 0 aliphatic carbocycles. The molecule has 0 radical (unpaired) electrons. The highest BCUT2D eigenvalue weighted by molar-refractivity contribution is 5.75. The molecule has 4 aliphatic rings. The van der Waals surface area contributed by atoms with Crippen LogP contribution in [0.4, 0.5) is 0 Å². The molecular formula is C42H50N8O5. The summed E-state index contributed by atoms with van der Waals surface area (Å²) in [6, 6.07) is 12.7. The smallest absolute Gasteiger partial charge is 0.171 e. The number of ether oxygens (including phenoxy) is 4. The molecule has 0 saturated carbocycles. The lowest BCUT2D eigenvalue weighted by Gasteiger charge is -2.22. The van der Waals surface area contributed by atoms with Gasteiger partial charge in [0.15, 0.2) is 11.3 Å². The van der Waals surface area contributed by atoms with Crippen LogP contribution in [0.2, 0.25) is 0 Å². The zero-order valence-corrected chi connectivity index (χ0v) is 30.7. The SMILES string of the molecule is C.C1=C(c2cnc(CCc3cccc4c3CCO4)n3cnnc23)CCOC1.CO.c1cc(CCc2ncc(C3CCOCC3)c3nncn23)c2c(c1)OCC2. The molecule has 288 valence electrons. The van der Waals surface area contributed by atoms with Crippen molar-refractivity contribution in [3.8, 4) is 11.5 Å². The van der Waals surface area contributed by atoms with Gasteiger partial charge < -0.3 is 24.1 Å². The topological polar surface area (TPSA) is 143 Å². The van der Waals surface area contributed by atoms with Gasteiger partial charge >= 0.3 is 0 Å². The van der Waals surface area contributed by atoms with Crippen LogP contribution in [0.15, 0.2) is 67.5 Å². The second kappa shape index (κ2) is 17.9. The van der Waals surface area contributed by atoms with E-state index in [1.165, 1.54) is 33.4 Å². The van der Waals surface area contributed by atoms with Crippen LogP contribution in [0.1, 0.15) is 77.6 Å². The summed E-state index contributed by atoms with van der Waals surface area (Å²) in [5.41, 5.74) is 10.7. The number of aryl methyl sites for hydroxylation is 4. The van der Waals surface area contributed by atoms with Gasteiger partial charge in [0.1, 0.15) is 35.8 Å². The third-order valence-electron chi connectivity index (χ3n) is 10.7. The Morgan fingerprint density at radius 2 is 1.27 bits per heavy atom. The lowest BCUT2D eigenvalue weighted by Crippen LogP contribution is -2.16. The van der Waals surface area contributed by atoms with Crippen molar-refractivity contribution in [1.29, 1.82) is 0 Å². The molecule has 0 spiro atoms. The molecule has 4 aliphatic heterocycles. The van der Waals surface area contributed by atoms with Crippen molar-refractivity contribution in [3.63, 3.8) is 0 Å². The molecule has 0 amide bonds. The fraction of sp³-hybridized carbons (Fsp3) is 0.429. The standard InChI is InChI=1S/C20H22N4O2.C20H20N4O2.CH4O.CH4/c2*1-2-14(16-8-11-26-18(16)3-1)4-5-19-21-12-17(15-6-9-25-10-7-15)20-23-22-13-24(19)20;1-2;/h1-3,12-13,15H,4-11H2;1-3,6,12-13H,4-5,7-11H2;2H,1H3;1H4. The number of rotatable bonds is 8. The van der Waals surface area contributed by atoms with Gasteiger partial charge in [-0.2, -0.15) is 0 Å². The van der Waals surface area contributed by atoms with E-state index < -0.39 is 0 Å². The third kappa shape index (κ3) is 8.10. The van der Waals surface area contributed by atoms with Gasteiger partial charge in [-0.25, -0.2) is 9.97 Å². The minimum Gasteiger partial charge on any atom is -0.493 e. The Balaban J connectivity index is 0.000000159. The summed E-state index contributed by atoms with van der Waals surface area (Å²) in [5, 5.41) is 24.0. The number of aliphatic hydroxyl groups is 1. The Morgan fingerprint density at radius 3 is 1.89 bits per heavy atom. The Bertz CT molecular complexity index is 2240. The van der Waals surface area contributed by atoms with Gasteiger partial charge in [-0.05, 0) is 66.9 Å². The van der Waals surface area contributed by atoms with Crippen LogP contribution >= 0.6 is 0 Å². The number of fused-ring (bicyclic) bond motifs is 4. The van der Waals surface area contributed by atoms with E-state index in [4.69, 9.17) is 34.0 Å². The average molecular weight is 747 g/mol. The number of nitrogens with zero attached hydrogens (tertiary/aromatic N) is 8. The molecule has 55 heavy (non-hydrogen) atoms. The van der Waals surface area contributed by atoms with Crippen molar-refractivity contribution < 1.29 is 24.1 Å². The maximum Gasteiger partial charge on any atom is 0.171 e. The van der Waals surface area contributed by atoms with Gasteiger partial charge in [0.2, 0.25) is 0 Å². The summed E-state index contributed by atoms with van der Waals surface area (Å²) in [6.45, 7) is 4.60. The Hall–Kier alpha value is -5.24. The maximum absolute atomic E-state index is 7.00. The van der Waals surface area contributed by atoms with Crippen molar-refractivity contribution in [2.45, 2.75) is 71.1 Å². The molecule has 10 rings (SSSR count). The van der Waals surface area contributed by atoms with Crippen LogP contribution in [0, 0.1) is 0 Å². The van der Waals surface area contributed by atoms with Crippen LogP contribution in [-0.4, -0.2) is 91.0 Å². The van der Waals surface area contributed by atoms with E-state index in [1.54, 1.807) is 12.7 Å².